The van der Waals surface area contributed by atoms with E-state index in [0.717, 1.165) is 11.1 Å². The Morgan fingerprint density at radius 3 is 2.43 bits per heavy atom. The molecule has 7 nitrogen and oxygen atoms in total. The number of hydrogen-bond donors (Lipinski definition) is 1. The Labute approximate surface area is 175 Å². The molecule has 1 aromatic heterocycles. The fourth-order valence-electron chi connectivity index (χ4n) is 3.38. The van der Waals surface area contributed by atoms with Crippen molar-refractivity contribution < 1.29 is 19.0 Å². The fraction of sp³-hybridized carbons (Fsp3) is 0.304. The smallest absolute Gasteiger partial charge is 0.256 e. The maximum absolute atomic E-state index is 12.9. The number of amides is 1. The standard InChI is InChI=1S/C23H26N2O5/c1-5-25-14-18(22(26)17-13-16(28-2)7-8-19(17)25)23(27)24-11-10-15-6-9-20(29-3)21(12-15)30-4/h6-9,12-14H,5,10-11H2,1-4H3,(H,24,27). The monoisotopic (exact) mass is 410 g/mol. The number of benzene rings is 2. The van der Waals surface area contributed by atoms with E-state index in [-0.39, 0.29) is 11.0 Å². The highest BCUT2D eigenvalue weighted by atomic mass is 16.5. The first kappa shape index (κ1) is 21.2. The molecule has 1 amide bonds. The van der Waals surface area contributed by atoms with Gasteiger partial charge in [-0.05, 0) is 49.2 Å². The lowest BCUT2D eigenvalue weighted by Crippen LogP contribution is -2.31. The highest BCUT2D eigenvalue weighted by Crippen LogP contribution is 2.27. The van der Waals surface area contributed by atoms with Gasteiger partial charge >= 0.3 is 0 Å². The number of carbonyl (C=O) groups is 1. The Bertz CT molecular complexity index is 1120. The predicted molar refractivity (Wildman–Crippen MR) is 116 cm³/mol. The van der Waals surface area contributed by atoms with Crippen molar-refractivity contribution in [1.82, 2.24) is 9.88 Å². The van der Waals surface area contributed by atoms with Gasteiger partial charge in [-0.3, -0.25) is 9.59 Å². The van der Waals surface area contributed by atoms with Crippen LogP contribution in [0.1, 0.15) is 22.8 Å². The second kappa shape index (κ2) is 9.35. The lowest BCUT2D eigenvalue weighted by atomic mass is 10.1. The van der Waals surface area contributed by atoms with Crippen LogP contribution in [0.5, 0.6) is 17.2 Å². The summed E-state index contributed by atoms with van der Waals surface area (Å²) in [6, 6.07) is 10.9. The summed E-state index contributed by atoms with van der Waals surface area (Å²) >= 11 is 0. The van der Waals surface area contributed by atoms with Gasteiger partial charge in [-0.25, -0.2) is 0 Å². The molecule has 0 spiro atoms. The molecule has 0 aliphatic rings. The van der Waals surface area contributed by atoms with E-state index >= 15 is 0 Å². The number of aromatic nitrogens is 1. The Morgan fingerprint density at radius 2 is 1.77 bits per heavy atom. The molecule has 0 radical (unpaired) electrons. The predicted octanol–water partition coefficient (Wildman–Crippen LogP) is 3.02. The first-order valence-corrected chi connectivity index (χ1v) is 9.72. The molecular formula is C23H26N2O5. The van der Waals surface area contributed by atoms with E-state index in [0.29, 0.717) is 42.1 Å². The van der Waals surface area contributed by atoms with E-state index in [4.69, 9.17) is 14.2 Å². The molecule has 0 fully saturated rings. The molecule has 3 rings (SSSR count). The van der Waals surface area contributed by atoms with Crippen LogP contribution in [0.3, 0.4) is 0 Å². The van der Waals surface area contributed by atoms with Gasteiger partial charge in [0.15, 0.2) is 11.5 Å². The van der Waals surface area contributed by atoms with Crippen molar-refractivity contribution in [1.29, 1.82) is 0 Å². The number of carbonyl (C=O) groups excluding carboxylic acids is 1. The maximum Gasteiger partial charge on any atom is 0.256 e. The highest BCUT2D eigenvalue weighted by molar-refractivity contribution is 5.97. The fourth-order valence-corrected chi connectivity index (χ4v) is 3.38. The lowest BCUT2D eigenvalue weighted by Gasteiger charge is -2.13. The van der Waals surface area contributed by atoms with Crippen molar-refractivity contribution in [3.05, 3.63) is 63.9 Å². The average Bonchev–Trinajstić information content (AvgIpc) is 2.78. The maximum atomic E-state index is 12.9. The van der Waals surface area contributed by atoms with Crippen LogP contribution in [0, 0.1) is 0 Å². The van der Waals surface area contributed by atoms with E-state index in [2.05, 4.69) is 5.32 Å². The number of pyridine rings is 1. The van der Waals surface area contributed by atoms with Crippen molar-refractivity contribution in [3.63, 3.8) is 0 Å². The second-order valence-corrected chi connectivity index (χ2v) is 6.74. The molecule has 0 atom stereocenters. The number of fused-ring (bicyclic) bond motifs is 1. The van der Waals surface area contributed by atoms with E-state index in [1.807, 2.05) is 35.8 Å². The minimum atomic E-state index is -0.396. The third-order valence-electron chi connectivity index (χ3n) is 5.02. The Balaban J connectivity index is 1.80. The molecule has 1 N–H and O–H groups in total. The summed E-state index contributed by atoms with van der Waals surface area (Å²) in [7, 11) is 4.71. The van der Waals surface area contributed by atoms with Gasteiger partial charge in [-0.15, -0.1) is 0 Å². The number of rotatable bonds is 8. The van der Waals surface area contributed by atoms with Crippen LogP contribution >= 0.6 is 0 Å². The van der Waals surface area contributed by atoms with Gasteiger partial charge in [0, 0.05) is 19.3 Å². The third-order valence-corrected chi connectivity index (χ3v) is 5.02. The molecule has 158 valence electrons. The zero-order valence-electron chi connectivity index (χ0n) is 17.7. The largest absolute Gasteiger partial charge is 0.497 e. The van der Waals surface area contributed by atoms with E-state index in [1.165, 1.54) is 0 Å². The SMILES string of the molecule is CCn1cc(C(=O)NCCc2ccc(OC)c(OC)c2)c(=O)c2cc(OC)ccc21. The summed E-state index contributed by atoms with van der Waals surface area (Å²) in [5.74, 6) is 1.47. The highest BCUT2D eigenvalue weighted by Gasteiger charge is 2.15. The van der Waals surface area contributed by atoms with Crippen molar-refractivity contribution in [2.45, 2.75) is 19.9 Å². The number of nitrogens with zero attached hydrogens (tertiary/aromatic N) is 1. The molecule has 1 heterocycles. The topological polar surface area (TPSA) is 78.8 Å². The summed E-state index contributed by atoms with van der Waals surface area (Å²) in [4.78, 5) is 25.7. The molecule has 30 heavy (non-hydrogen) atoms. The summed E-state index contributed by atoms with van der Waals surface area (Å²) < 4.78 is 17.7. The van der Waals surface area contributed by atoms with Gasteiger partial charge in [-0.1, -0.05) is 6.07 Å². The van der Waals surface area contributed by atoms with Crippen molar-refractivity contribution in [2.24, 2.45) is 0 Å². The van der Waals surface area contributed by atoms with Crippen molar-refractivity contribution >= 4 is 16.8 Å². The zero-order valence-corrected chi connectivity index (χ0v) is 17.7. The van der Waals surface area contributed by atoms with Gasteiger partial charge in [0.25, 0.3) is 5.91 Å². The van der Waals surface area contributed by atoms with Crippen LogP contribution in [0.2, 0.25) is 0 Å². The summed E-state index contributed by atoms with van der Waals surface area (Å²) in [6.45, 7) is 2.98. The van der Waals surface area contributed by atoms with Crippen LogP contribution in [-0.2, 0) is 13.0 Å². The van der Waals surface area contributed by atoms with Crippen LogP contribution in [0.4, 0.5) is 0 Å². The van der Waals surface area contributed by atoms with E-state index < -0.39 is 5.91 Å². The first-order valence-electron chi connectivity index (χ1n) is 9.72. The van der Waals surface area contributed by atoms with E-state index in [1.54, 1.807) is 39.7 Å². The normalized spacial score (nSPS) is 10.7. The second-order valence-electron chi connectivity index (χ2n) is 6.74. The summed E-state index contributed by atoms with van der Waals surface area (Å²) in [6.07, 6.45) is 2.21. The van der Waals surface area contributed by atoms with Crippen LogP contribution in [-0.4, -0.2) is 38.3 Å². The van der Waals surface area contributed by atoms with Crippen LogP contribution in [0.15, 0.2) is 47.4 Å². The first-order chi connectivity index (χ1) is 14.5. The average molecular weight is 410 g/mol. The Morgan fingerprint density at radius 1 is 1.00 bits per heavy atom. The van der Waals surface area contributed by atoms with Crippen molar-refractivity contribution in [2.75, 3.05) is 27.9 Å². The lowest BCUT2D eigenvalue weighted by molar-refractivity contribution is 0.0952. The Hall–Kier alpha value is -3.48. The molecule has 2 aromatic carbocycles. The van der Waals surface area contributed by atoms with Crippen molar-refractivity contribution in [3.8, 4) is 17.2 Å². The number of hydrogen-bond acceptors (Lipinski definition) is 5. The van der Waals surface area contributed by atoms with Gasteiger partial charge in [0.2, 0.25) is 5.43 Å². The number of aryl methyl sites for hydroxylation is 1. The zero-order chi connectivity index (χ0) is 21.7. The molecule has 0 saturated heterocycles. The molecule has 7 heteroatoms. The van der Waals surface area contributed by atoms with Gasteiger partial charge in [0.05, 0.1) is 32.2 Å². The number of nitrogens with one attached hydrogen (secondary N) is 1. The molecule has 0 saturated carbocycles. The van der Waals surface area contributed by atoms with Gasteiger partial charge < -0.3 is 24.1 Å². The van der Waals surface area contributed by atoms with Gasteiger partial charge in [0.1, 0.15) is 11.3 Å². The van der Waals surface area contributed by atoms with Crippen LogP contribution in [0.25, 0.3) is 10.9 Å². The molecular weight excluding hydrogens is 384 g/mol. The van der Waals surface area contributed by atoms with E-state index in [9.17, 15) is 9.59 Å². The quantitative estimate of drug-likeness (QED) is 0.618. The summed E-state index contributed by atoms with van der Waals surface area (Å²) in [5, 5.41) is 3.31. The number of ether oxygens (including phenoxy) is 3. The molecule has 0 aliphatic carbocycles. The molecule has 0 bridgehead atoms. The number of methoxy groups -OCH3 is 3. The molecule has 0 aliphatic heterocycles. The Kier molecular flexibility index (Phi) is 6.61. The molecule has 0 unspecified atom stereocenters. The minimum Gasteiger partial charge on any atom is -0.497 e. The minimum absolute atomic E-state index is 0.116. The third kappa shape index (κ3) is 4.25. The summed E-state index contributed by atoms with van der Waals surface area (Å²) in [5.41, 5.74) is 1.56. The van der Waals surface area contributed by atoms with Crippen LogP contribution < -0.4 is 25.0 Å². The molecule has 3 aromatic rings. The van der Waals surface area contributed by atoms with Gasteiger partial charge in [-0.2, -0.15) is 0 Å².